The van der Waals surface area contributed by atoms with Gasteiger partial charge in [0.15, 0.2) is 0 Å². The molecule has 17 heavy (non-hydrogen) atoms. The van der Waals surface area contributed by atoms with Gasteiger partial charge >= 0.3 is 0 Å². The molecule has 3 heteroatoms. The quantitative estimate of drug-likeness (QED) is 0.744. The summed E-state index contributed by atoms with van der Waals surface area (Å²) >= 11 is 0. The minimum absolute atomic E-state index is 0.0716. The third-order valence-corrected chi connectivity index (χ3v) is 3.83. The Bertz CT molecular complexity index is 212. The Balaban J connectivity index is 2.13. The van der Waals surface area contributed by atoms with E-state index in [1.165, 1.54) is 38.5 Å². The van der Waals surface area contributed by atoms with Crippen molar-refractivity contribution in [2.75, 3.05) is 19.7 Å². The lowest BCUT2D eigenvalue weighted by Gasteiger charge is -2.23. The first-order valence-electron chi connectivity index (χ1n) is 7.16. The molecule has 1 fully saturated rings. The Morgan fingerprint density at radius 3 is 2.59 bits per heavy atom. The first-order valence-corrected chi connectivity index (χ1v) is 7.16. The normalized spacial score (nSPS) is 17.1. The van der Waals surface area contributed by atoms with Crippen LogP contribution in [0.4, 0.5) is 0 Å². The number of carbonyl (C=O) groups is 1. The molecule has 0 aromatic heterocycles. The summed E-state index contributed by atoms with van der Waals surface area (Å²) in [6, 6.07) is 0. The van der Waals surface area contributed by atoms with Crippen molar-refractivity contribution in [3.05, 3.63) is 0 Å². The van der Waals surface area contributed by atoms with E-state index in [1.807, 2.05) is 6.92 Å². The van der Waals surface area contributed by atoms with Crippen LogP contribution in [0.2, 0.25) is 0 Å². The molecule has 1 aliphatic rings. The maximum absolute atomic E-state index is 11.8. The van der Waals surface area contributed by atoms with E-state index < -0.39 is 0 Å². The van der Waals surface area contributed by atoms with Gasteiger partial charge in [0.2, 0.25) is 5.91 Å². The van der Waals surface area contributed by atoms with Gasteiger partial charge in [-0.25, -0.2) is 0 Å². The van der Waals surface area contributed by atoms with Crippen LogP contribution < -0.4 is 0 Å². The molecule has 0 bridgehead atoms. The van der Waals surface area contributed by atoms with Gasteiger partial charge in [0.05, 0.1) is 6.61 Å². The molecule has 0 radical (unpaired) electrons. The Hall–Kier alpha value is -0.570. The zero-order chi connectivity index (χ0) is 12.5. The van der Waals surface area contributed by atoms with Crippen LogP contribution in [0.15, 0.2) is 0 Å². The summed E-state index contributed by atoms with van der Waals surface area (Å²) in [5.74, 6) is 1.07. The van der Waals surface area contributed by atoms with Gasteiger partial charge in [-0.3, -0.25) is 4.79 Å². The molecule has 0 spiro atoms. The molecular weight excluding hydrogens is 214 g/mol. The number of hydrogen-bond donors (Lipinski definition) is 1. The van der Waals surface area contributed by atoms with E-state index in [2.05, 4.69) is 0 Å². The standard InChI is InChI=1S/C14H27NO2/c1-2-15(11-12-16)14(17)10-6-9-13-7-4-3-5-8-13/h13,16H,2-12H2,1H3. The lowest BCUT2D eigenvalue weighted by atomic mass is 9.86. The van der Waals surface area contributed by atoms with Gasteiger partial charge in [0, 0.05) is 19.5 Å². The van der Waals surface area contributed by atoms with Crippen molar-refractivity contribution >= 4 is 5.91 Å². The summed E-state index contributed by atoms with van der Waals surface area (Å²) in [5.41, 5.74) is 0. The maximum atomic E-state index is 11.8. The van der Waals surface area contributed by atoms with Crippen molar-refractivity contribution in [1.82, 2.24) is 4.90 Å². The molecule has 0 heterocycles. The van der Waals surface area contributed by atoms with Crippen LogP contribution >= 0.6 is 0 Å². The third kappa shape index (κ3) is 5.53. The van der Waals surface area contributed by atoms with Gasteiger partial charge in [-0.05, 0) is 25.7 Å². The molecule has 1 saturated carbocycles. The fourth-order valence-corrected chi connectivity index (χ4v) is 2.76. The molecular formula is C14H27NO2. The second kappa shape index (κ2) is 8.51. The van der Waals surface area contributed by atoms with Gasteiger partial charge in [-0.15, -0.1) is 0 Å². The molecule has 3 nitrogen and oxygen atoms in total. The fourth-order valence-electron chi connectivity index (χ4n) is 2.76. The number of nitrogens with zero attached hydrogens (tertiary/aromatic N) is 1. The fraction of sp³-hybridized carbons (Fsp3) is 0.929. The van der Waals surface area contributed by atoms with Crippen LogP contribution in [0.25, 0.3) is 0 Å². The summed E-state index contributed by atoms with van der Waals surface area (Å²) in [4.78, 5) is 13.6. The largest absolute Gasteiger partial charge is 0.395 e. The van der Waals surface area contributed by atoms with E-state index >= 15 is 0 Å². The highest BCUT2D eigenvalue weighted by Gasteiger charge is 2.15. The Kier molecular flexibility index (Phi) is 7.25. The summed E-state index contributed by atoms with van der Waals surface area (Å²) < 4.78 is 0. The van der Waals surface area contributed by atoms with Crippen molar-refractivity contribution in [3.8, 4) is 0 Å². The molecule has 0 aromatic carbocycles. The molecule has 0 aromatic rings. The van der Waals surface area contributed by atoms with Crippen LogP contribution in [0.1, 0.15) is 58.3 Å². The minimum atomic E-state index is 0.0716. The van der Waals surface area contributed by atoms with Crippen molar-refractivity contribution in [3.63, 3.8) is 0 Å². The van der Waals surface area contributed by atoms with E-state index in [1.54, 1.807) is 4.90 Å². The van der Waals surface area contributed by atoms with Crippen LogP contribution in [-0.4, -0.2) is 35.6 Å². The molecule has 0 unspecified atom stereocenters. The highest BCUT2D eigenvalue weighted by atomic mass is 16.3. The summed E-state index contributed by atoms with van der Waals surface area (Å²) in [6.45, 7) is 3.23. The lowest BCUT2D eigenvalue weighted by molar-refractivity contribution is -0.131. The van der Waals surface area contributed by atoms with E-state index in [0.717, 1.165) is 12.3 Å². The molecule has 1 N–H and O–H groups in total. The molecule has 1 aliphatic carbocycles. The second-order valence-corrected chi connectivity index (χ2v) is 5.09. The first-order chi connectivity index (χ1) is 8.27. The van der Waals surface area contributed by atoms with E-state index in [-0.39, 0.29) is 12.5 Å². The molecule has 0 atom stereocenters. The predicted molar refractivity (Wildman–Crippen MR) is 69.8 cm³/mol. The molecule has 1 amide bonds. The van der Waals surface area contributed by atoms with Crippen LogP contribution in [0.3, 0.4) is 0 Å². The van der Waals surface area contributed by atoms with Crippen LogP contribution in [0, 0.1) is 5.92 Å². The molecule has 0 saturated heterocycles. The maximum Gasteiger partial charge on any atom is 0.222 e. The number of likely N-dealkylation sites (N-methyl/N-ethyl adjacent to an activating group) is 1. The van der Waals surface area contributed by atoms with Crippen molar-refractivity contribution in [2.45, 2.75) is 58.3 Å². The van der Waals surface area contributed by atoms with Crippen LogP contribution in [0.5, 0.6) is 0 Å². The zero-order valence-corrected chi connectivity index (χ0v) is 11.2. The van der Waals surface area contributed by atoms with Crippen molar-refractivity contribution in [1.29, 1.82) is 0 Å². The SMILES string of the molecule is CCN(CCO)C(=O)CCCC1CCCCC1. The van der Waals surface area contributed by atoms with Gasteiger partial charge in [-0.2, -0.15) is 0 Å². The number of hydrogen-bond acceptors (Lipinski definition) is 2. The minimum Gasteiger partial charge on any atom is -0.395 e. The number of aliphatic hydroxyl groups is 1. The number of rotatable bonds is 7. The Morgan fingerprint density at radius 2 is 2.00 bits per heavy atom. The van der Waals surface area contributed by atoms with E-state index in [4.69, 9.17) is 5.11 Å². The summed E-state index contributed by atoms with van der Waals surface area (Å²) in [7, 11) is 0. The number of carbonyl (C=O) groups excluding carboxylic acids is 1. The second-order valence-electron chi connectivity index (χ2n) is 5.09. The highest BCUT2D eigenvalue weighted by molar-refractivity contribution is 5.76. The number of amides is 1. The molecule has 1 rings (SSSR count). The van der Waals surface area contributed by atoms with Gasteiger partial charge in [0.25, 0.3) is 0 Å². The topological polar surface area (TPSA) is 40.5 Å². The smallest absolute Gasteiger partial charge is 0.222 e. The monoisotopic (exact) mass is 241 g/mol. The van der Waals surface area contributed by atoms with E-state index in [0.29, 0.717) is 19.5 Å². The first kappa shape index (κ1) is 14.5. The number of aliphatic hydroxyl groups excluding tert-OH is 1. The van der Waals surface area contributed by atoms with Crippen molar-refractivity contribution < 1.29 is 9.90 Å². The third-order valence-electron chi connectivity index (χ3n) is 3.83. The summed E-state index contributed by atoms with van der Waals surface area (Å²) in [5, 5.41) is 8.85. The highest BCUT2D eigenvalue weighted by Crippen LogP contribution is 2.27. The van der Waals surface area contributed by atoms with Gasteiger partial charge < -0.3 is 10.0 Å². The van der Waals surface area contributed by atoms with Crippen LogP contribution in [-0.2, 0) is 4.79 Å². The average molecular weight is 241 g/mol. The Labute approximate surface area is 105 Å². The molecule has 0 aliphatic heterocycles. The van der Waals surface area contributed by atoms with Crippen molar-refractivity contribution in [2.24, 2.45) is 5.92 Å². The molecule has 100 valence electrons. The Morgan fingerprint density at radius 1 is 1.29 bits per heavy atom. The average Bonchev–Trinajstić information content (AvgIpc) is 2.37. The van der Waals surface area contributed by atoms with E-state index in [9.17, 15) is 4.79 Å². The lowest BCUT2D eigenvalue weighted by Crippen LogP contribution is -2.33. The predicted octanol–water partition coefficient (Wildman–Crippen LogP) is 2.58. The summed E-state index contributed by atoms with van der Waals surface area (Å²) in [6.07, 6.45) is 9.77. The van der Waals surface area contributed by atoms with Gasteiger partial charge in [-0.1, -0.05) is 32.1 Å². The zero-order valence-electron chi connectivity index (χ0n) is 11.2. The van der Waals surface area contributed by atoms with Gasteiger partial charge in [0.1, 0.15) is 0 Å².